The number of alkyl halides is 3. The molecule has 0 saturated heterocycles. The van der Waals surface area contributed by atoms with Crippen LogP contribution in [0.15, 0.2) is 47.8 Å². The summed E-state index contributed by atoms with van der Waals surface area (Å²) >= 11 is 1.35. The highest BCUT2D eigenvalue weighted by Crippen LogP contribution is 2.32. The van der Waals surface area contributed by atoms with Gasteiger partial charge in [-0.2, -0.15) is 13.2 Å². The molecule has 0 aliphatic rings. The Morgan fingerprint density at radius 2 is 1.85 bits per heavy atom. The number of anilines is 1. The number of aromatic nitrogens is 1. The molecule has 2 aromatic carbocycles. The second-order valence-electron chi connectivity index (χ2n) is 7.73. The molecule has 3 rings (SSSR count). The van der Waals surface area contributed by atoms with Gasteiger partial charge in [0.15, 0.2) is 10.7 Å². The number of nitrogens with one attached hydrogen (secondary N) is 1. The van der Waals surface area contributed by atoms with Gasteiger partial charge in [-0.3, -0.25) is 0 Å². The third-order valence-corrected chi connectivity index (χ3v) is 5.49. The summed E-state index contributed by atoms with van der Waals surface area (Å²) in [6.45, 7) is 5.56. The van der Waals surface area contributed by atoms with Crippen LogP contribution in [0.3, 0.4) is 0 Å². The molecule has 3 aromatic rings. The number of rotatable bonds is 9. The summed E-state index contributed by atoms with van der Waals surface area (Å²) < 4.78 is 49.4. The highest BCUT2D eigenvalue weighted by Gasteiger charge is 2.30. The van der Waals surface area contributed by atoms with Gasteiger partial charge in [-0.05, 0) is 56.7 Å². The number of aliphatic carboxylic acids is 1. The molecule has 1 aromatic heterocycles. The molecule has 2 N–H and O–H groups in total. The number of aryl methyl sites for hydroxylation is 1. The van der Waals surface area contributed by atoms with Crippen molar-refractivity contribution in [2.24, 2.45) is 0 Å². The zero-order chi connectivity index (χ0) is 24.2. The van der Waals surface area contributed by atoms with Gasteiger partial charge in [-0.1, -0.05) is 12.1 Å². The number of carboxylic acids is 1. The molecular weight excluding hydrogens is 457 g/mol. The lowest BCUT2D eigenvalue weighted by Gasteiger charge is -2.23. The average molecular weight is 481 g/mol. The number of thiazole rings is 1. The van der Waals surface area contributed by atoms with Gasteiger partial charge < -0.3 is 19.9 Å². The summed E-state index contributed by atoms with van der Waals surface area (Å²) in [6.07, 6.45) is -4.37. The zero-order valence-electron chi connectivity index (χ0n) is 18.2. The van der Waals surface area contributed by atoms with E-state index in [0.29, 0.717) is 41.0 Å². The summed E-state index contributed by atoms with van der Waals surface area (Å²) in [4.78, 5) is 15.6. The molecule has 0 aliphatic heterocycles. The summed E-state index contributed by atoms with van der Waals surface area (Å²) in [5, 5.41) is 14.7. The van der Waals surface area contributed by atoms with Gasteiger partial charge in [-0.15, -0.1) is 11.3 Å². The molecular formula is C23H23F3N2O4S. The van der Waals surface area contributed by atoms with E-state index >= 15 is 0 Å². The molecule has 1 heterocycles. The quantitative estimate of drug-likeness (QED) is 0.373. The Balaban J connectivity index is 1.50. The Labute approximate surface area is 193 Å². The van der Waals surface area contributed by atoms with Crippen LogP contribution in [-0.4, -0.2) is 34.8 Å². The molecule has 33 heavy (non-hydrogen) atoms. The maximum Gasteiger partial charge on any atom is 0.416 e. The highest BCUT2D eigenvalue weighted by atomic mass is 32.1. The number of nitrogens with zero attached hydrogens (tertiary/aromatic N) is 1. The molecule has 0 spiro atoms. The van der Waals surface area contributed by atoms with Crippen molar-refractivity contribution in [2.45, 2.75) is 32.5 Å². The van der Waals surface area contributed by atoms with Crippen LogP contribution < -0.4 is 14.8 Å². The minimum absolute atomic E-state index is 0.343. The van der Waals surface area contributed by atoms with Crippen LogP contribution in [-0.2, 0) is 11.0 Å². The largest absolute Gasteiger partial charge is 0.492 e. The smallest absolute Gasteiger partial charge is 0.416 e. The van der Waals surface area contributed by atoms with Crippen molar-refractivity contribution in [1.82, 2.24) is 4.98 Å². The van der Waals surface area contributed by atoms with Gasteiger partial charge >= 0.3 is 12.1 Å². The molecule has 6 nitrogen and oxygen atoms in total. The average Bonchev–Trinajstić information content (AvgIpc) is 3.21. The van der Waals surface area contributed by atoms with Crippen LogP contribution >= 0.6 is 11.3 Å². The first-order valence-corrected chi connectivity index (χ1v) is 10.9. The maximum absolute atomic E-state index is 12.7. The lowest BCUT2D eigenvalue weighted by atomic mass is 10.1. The van der Waals surface area contributed by atoms with Gasteiger partial charge in [0.1, 0.15) is 18.1 Å². The number of carboxylic acid groups (broad SMARTS) is 1. The van der Waals surface area contributed by atoms with Crippen LogP contribution in [0.4, 0.5) is 18.3 Å². The molecule has 0 bridgehead atoms. The molecule has 0 saturated carbocycles. The van der Waals surface area contributed by atoms with Crippen LogP contribution in [0.5, 0.6) is 11.5 Å². The Kier molecular flexibility index (Phi) is 7.16. The van der Waals surface area contributed by atoms with Crippen molar-refractivity contribution < 1.29 is 32.5 Å². The van der Waals surface area contributed by atoms with Crippen molar-refractivity contribution in [3.05, 3.63) is 59.0 Å². The van der Waals surface area contributed by atoms with E-state index in [9.17, 15) is 23.1 Å². The third-order valence-electron chi connectivity index (χ3n) is 4.69. The number of hydrogen-bond acceptors (Lipinski definition) is 6. The van der Waals surface area contributed by atoms with Gasteiger partial charge in [0.2, 0.25) is 0 Å². The normalized spacial score (nSPS) is 11.8. The molecule has 10 heteroatoms. The van der Waals surface area contributed by atoms with Crippen LogP contribution in [0.2, 0.25) is 0 Å². The number of ether oxygens (including phenoxy) is 2. The Morgan fingerprint density at radius 1 is 1.15 bits per heavy atom. The van der Waals surface area contributed by atoms with E-state index < -0.39 is 23.3 Å². The van der Waals surface area contributed by atoms with E-state index in [-0.39, 0.29) is 0 Å². The molecule has 0 unspecified atom stereocenters. The van der Waals surface area contributed by atoms with Crippen molar-refractivity contribution in [1.29, 1.82) is 0 Å². The second kappa shape index (κ2) is 9.70. The van der Waals surface area contributed by atoms with E-state index in [1.54, 1.807) is 30.5 Å². The van der Waals surface area contributed by atoms with E-state index in [1.807, 2.05) is 0 Å². The first-order chi connectivity index (χ1) is 15.5. The fourth-order valence-corrected chi connectivity index (χ4v) is 3.54. The Bertz CT molecular complexity index is 1110. The van der Waals surface area contributed by atoms with Crippen LogP contribution in [0.25, 0.3) is 11.3 Å². The van der Waals surface area contributed by atoms with Gasteiger partial charge in [0, 0.05) is 10.9 Å². The van der Waals surface area contributed by atoms with Crippen LogP contribution in [0.1, 0.15) is 25.0 Å². The Hall–Kier alpha value is -3.27. The van der Waals surface area contributed by atoms with Gasteiger partial charge in [0.25, 0.3) is 0 Å². The first-order valence-electron chi connectivity index (χ1n) is 9.98. The summed E-state index contributed by atoms with van der Waals surface area (Å²) in [5.41, 5.74) is -0.0994. The number of hydrogen-bond donors (Lipinski definition) is 2. The fraction of sp³-hybridized carbons (Fsp3) is 0.304. The van der Waals surface area contributed by atoms with Crippen molar-refractivity contribution >= 4 is 22.4 Å². The predicted molar refractivity (Wildman–Crippen MR) is 120 cm³/mol. The Morgan fingerprint density at radius 3 is 2.45 bits per heavy atom. The number of halogens is 3. The summed E-state index contributed by atoms with van der Waals surface area (Å²) in [6, 6.07) is 10.0. The predicted octanol–water partition coefficient (Wildman–Crippen LogP) is 5.87. The SMILES string of the molecule is Cc1cc(OCCNc2nc(-c3ccc(C(F)(F)F)cc3)cs2)ccc1OC(C)(C)C(=O)O. The maximum atomic E-state index is 12.7. The first kappa shape index (κ1) is 24.4. The van der Waals surface area contributed by atoms with E-state index in [0.717, 1.165) is 17.7 Å². The highest BCUT2D eigenvalue weighted by molar-refractivity contribution is 7.14. The second-order valence-corrected chi connectivity index (χ2v) is 8.59. The zero-order valence-corrected chi connectivity index (χ0v) is 19.0. The number of carbonyl (C=O) groups is 1. The molecule has 0 atom stereocenters. The summed E-state index contributed by atoms with van der Waals surface area (Å²) in [7, 11) is 0. The minimum atomic E-state index is -4.37. The van der Waals surface area contributed by atoms with Gasteiger partial charge in [0.05, 0.1) is 17.8 Å². The lowest BCUT2D eigenvalue weighted by molar-refractivity contribution is -0.152. The lowest BCUT2D eigenvalue weighted by Crippen LogP contribution is -2.38. The monoisotopic (exact) mass is 480 g/mol. The van der Waals surface area contributed by atoms with E-state index in [4.69, 9.17) is 9.47 Å². The molecule has 0 aliphatic carbocycles. The molecule has 0 fully saturated rings. The third kappa shape index (κ3) is 6.38. The number of benzene rings is 2. The van der Waals surface area contributed by atoms with Crippen LogP contribution in [0, 0.1) is 6.92 Å². The summed E-state index contributed by atoms with van der Waals surface area (Å²) in [5.74, 6) is 0.0165. The molecule has 0 radical (unpaired) electrons. The molecule has 0 amide bonds. The van der Waals surface area contributed by atoms with Gasteiger partial charge in [-0.25, -0.2) is 9.78 Å². The van der Waals surface area contributed by atoms with E-state index in [1.165, 1.54) is 37.3 Å². The van der Waals surface area contributed by atoms with Crippen molar-refractivity contribution in [3.8, 4) is 22.8 Å². The van der Waals surface area contributed by atoms with Crippen molar-refractivity contribution in [2.75, 3.05) is 18.5 Å². The topological polar surface area (TPSA) is 80.7 Å². The van der Waals surface area contributed by atoms with E-state index in [2.05, 4.69) is 10.3 Å². The molecule has 176 valence electrons. The fourth-order valence-electron chi connectivity index (χ4n) is 2.79. The standard InChI is InChI=1S/C23H23F3N2O4S/c1-14-12-17(8-9-19(14)32-22(2,3)20(29)30)31-11-10-27-21-28-18(13-33-21)15-4-6-16(7-5-15)23(24,25)26/h4-9,12-13H,10-11H2,1-3H3,(H,27,28)(H,29,30). The van der Waals surface area contributed by atoms with Crippen molar-refractivity contribution in [3.63, 3.8) is 0 Å². The minimum Gasteiger partial charge on any atom is -0.492 e.